The highest BCUT2D eigenvalue weighted by Gasteiger charge is 2.50. The van der Waals surface area contributed by atoms with E-state index in [0.29, 0.717) is 11.3 Å². The van der Waals surface area contributed by atoms with Crippen LogP contribution in [0.1, 0.15) is 10.4 Å². The zero-order chi connectivity index (χ0) is 14.6. The van der Waals surface area contributed by atoms with Crippen LogP contribution < -0.4 is 10.6 Å². The van der Waals surface area contributed by atoms with Crippen molar-refractivity contribution in [3.63, 3.8) is 0 Å². The lowest BCUT2D eigenvalue weighted by molar-refractivity contribution is -0.117. The number of benzene rings is 1. The standard InChI is InChI=1S/C12H8FN5O2S/c13-6-1-2-7-8(3-6)16-10(20)12(7)17-11-14-5-15-18(11)9(19)4-21-12/h1-3,5H,4H2,(H,16,20)(H,14,15,17). The second-order valence-corrected chi connectivity index (χ2v) is 5.82. The van der Waals surface area contributed by atoms with E-state index in [1.807, 2.05) is 0 Å². The predicted molar refractivity (Wildman–Crippen MR) is 73.4 cm³/mol. The van der Waals surface area contributed by atoms with E-state index in [0.717, 1.165) is 16.4 Å². The van der Waals surface area contributed by atoms with Gasteiger partial charge in [-0.3, -0.25) is 9.59 Å². The number of thioether (sulfide) groups is 1. The maximum Gasteiger partial charge on any atom is 0.265 e. The number of aromatic nitrogens is 3. The normalized spacial score (nSPS) is 23.3. The molecule has 0 radical (unpaired) electrons. The number of fused-ring (bicyclic) bond motifs is 3. The molecule has 0 aliphatic carbocycles. The van der Waals surface area contributed by atoms with Gasteiger partial charge in [-0.05, 0) is 12.1 Å². The number of halogens is 1. The topological polar surface area (TPSA) is 88.9 Å². The first-order valence-corrected chi connectivity index (χ1v) is 7.05. The zero-order valence-electron chi connectivity index (χ0n) is 10.5. The van der Waals surface area contributed by atoms with Crippen LogP contribution in [0.15, 0.2) is 24.5 Å². The molecule has 4 rings (SSSR count). The number of anilines is 2. The van der Waals surface area contributed by atoms with Gasteiger partial charge in [-0.1, -0.05) is 6.07 Å². The molecule has 0 bridgehead atoms. The second kappa shape index (κ2) is 4.04. The van der Waals surface area contributed by atoms with E-state index in [4.69, 9.17) is 0 Å². The summed E-state index contributed by atoms with van der Waals surface area (Å²) in [6.07, 6.45) is 1.24. The molecule has 21 heavy (non-hydrogen) atoms. The predicted octanol–water partition coefficient (Wildman–Crippen LogP) is 1.02. The number of carbonyl (C=O) groups is 2. The van der Waals surface area contributed by atoms with Crippen LogP contribution in [0.3, 0.4) is 0 Å². The fraction of sp³-hybridized carbons (Fsp3) is 0.167. The fourth-order valence-electron chi connectivity index (χ4n) is 2.46. The summed E-state index contributed by atoms with van der Waals surface area (Å²) in [7, 11) is 0. The lowest BCUT2D eigenvalue weighted by Crippen LogP contribution is -2.39. The molecule has 1 spiro atoms. The number of nitrogens with one attached hydrogen (secondary N) is 2. The molecule has 0 saturated heterocycles. The number of amides is 1. The van der Waals surface area contributed by atoms with Crippen LogP contribution in [0.5, 0.6) is 0 Å². The van der Waals surface area contributed by atoms with Crippen molar-refractivity contribution in [1.29, 1.82) is 0 Å². The SMILES string of the molecule is O=C1CSC2(Nc3ncnn31)C(=O)Nc1cc(F)ccc12. The van der Waals surface area contributed by atoms with Gasteiger partial charge in [-0.25, -0.2) is 4.39 Å². The van der Waals surface area contributed by atoms with Crippen molar-refractivity contribution >= 4 is 35.2 Å². The molecule has 9 heteroatoms. The summed E-state index contributed by atoms with van der Waals surface area (Å²) in [5.41, 5.74) is 0.962. The molecule has 7 nitrogen and oxygen atoms in total. The van der Waals surface area contributed by atoms with Crippen molar-refractivity contribution < 1.29 is 14.0 Å². The molecule has 1 aromatic heterocycles. The molecule has 1 aromatic carbocycles. The second-order valence-electron chi connectivity index (χ2n) is 4.63. The maximum absolute atomic E-state index is 13.3. The van der Waals surface area contributed by atoms with Gasteiger partial charge in [0.1, 0.15) is 12.1 Å². The Morgan fingerprint density at radius 1 is 1.38 bits per heavy atom. The van der Waals surface area contributed by atoms with Crippen LogP contribution >= 0.6 is 11.8 Å². The zero-order valence-corrected chi connectivity index (χ0v) is 11.3. The van der Waals surface area contributed by atoms with Crippen molar-refractivity contribution in [1.82, 2.24) is 14.8 Å². The van der Waals surface area contributed by atoms with Crippen LogP contribution in [-0.4, -0.2) is 32.3 Å². The summed E-state index contributed by atoms with van der Waals surface area (Å²) >= 11 is 1.12. The number of nitrogens with zero attached hydrogens (tertiary/aromatic N) is 3. The van der Waals surface area contributed by atoms with Crippen molar-refractivity contribution in [3.8, 4) is 0 Å². The Hall–Kier alpha value is -2.42. The third-order valence-electron chi connectivity index (χ3n) is 3.41. The Morgan fingerprint density at radius 3 is 3.10 bits per heavy atom. The first kappa shape index (κ1) is 12.3. The fourth-order valence-corrected chi connectivity index (χ4v) is 3.60. The number of hydrogen-bond donors (Lipinski definition) is 2. The molecule has 2 aliphatic rings. The van der Waals surface area contributed by atoms with E-state index < -0.39 is 10.7 Å². The first-order chi connectivity index (χ1) is 10.1. The van der Waals surface area contributed by atoms with Crippen molar-refractivity contribution in [2.75, 3.05) is 16.4 Å². The molecular weight excluding hydrogens is 297 g/mol. The lowest BCUT2D eigenvalue weighted by atomic mass is 10.1. The summed E-state index contributed by atoms with van der Waals surface area (Å²) in [5, 5.41) is 9.44. The Kier molecular flexibility index (Phi) is 2.37. The van der Waals surface area contributed by atoms with Gasteiger partial charge in [-0.2, -0.15) is 14.8 Å². The molecule has 1 amide bonds. The third kappa shape index (κ3) is 1.60. The quantitative estimate of drug-likeness (QED) is 0.755. The monoisotopic (exact) mass is 305 g/mol. The third-order valence-corrected chi connectivity index (χ3v) is 4.74. The Morgan fingerprint density at radius 2 is 2.24 bits per heavy atom. The van der Waals surface area contributed by atoms with Crippen LogP contribution in [0.4, 0.5) is 16.0 Å². The molecule has 0 saturated carbocycles. The van der Waals surface area contributed by atoms with Gasteiger partial charge in [0.25, 0.3) is 11.8 Å². The van der Waals surface area contributed by atoms with E-state index >= 15 is 0 Å². The van der Waals surface area contributed by atoms with Crippen molar-refractivity contribution in [2.24, 2.45) is 0 Å². The number of hydrogen-bond acceptors (Lipinski definition) is 6. The molecule has 2 N–H and O–H groups in total. The number of rotatable bonds is 0. The Labute approximate surface area is 121 Å². The highest BCUT2D eigenvalue weighted by Crippen LogP contribution is 2.47. The average molecular weight is 305 g/mol. The minimum atomic E-state index is -1.21. The summed E-state index contributed by atoms with van der Waals surface area (Å²) in [6.45, 7) is 0. The lowest BCUT2D eigenvalue weighted by Gasteiger charge is -2.25. The average Bonchev–Trinajstić information content (AvgIpc) is 2.96. The minimum Gasteiger partial charge on any atom is -0.328 e. The van der Waals surface area contributed by atoms with Gasteiger partial charge in [0, 0.05) is 5.56 Å². The van der Waals surface area contributed by atoms with Gasteiger partial charge in [0.05, 0.1) is 11.4 Å². The molecule has 106 valence electrons. The van der Waals surface area contributed by atoms with Gasteiger partial charge >= 0.3 is 0 Å². The van der Waals surface area contributed by atoms with Gasteiger partial charge < -0.3 is 10.6 Å². The van der Waals surface area contributed by atoms with E-state index in [1.165, 1.54) is 24.5 Å². The molecule has 2 aromatic rings. The smallest absolute Gasteiger partial charge is 0.265 e. The van der Waals surface area contributed by atoms with E-state index in [2.05, 4.69) is 20.7 Å². The summed E-state index contributed by atoms with van der Waals surface area (Å²) < 4.78 is 14.4. The molecule has 1 atom stereocenters. The van der Waals surface area contributed by atoms with Gasteiger partial charge in [0.15, 0.2) is 4.87 Å². The van der Waals surface area contributed by atoms with Crippen LogP contribution in [0.2, 0.25) is 0 Å². The van der Waals surface area contributed by atoms with E-state index in [9.17, 15) is 14.0 Å². The van der Waals surface area contributed by atoms with E-state index in [-0.39, 0.29) is 23.5 Å². The van der Waals surface area contributed by atoms with Gasteiger partial charge in [-0.15, -0.1) is 11.8 Å². The van der Waals surface area contributed by atoms with Crippen LogP contribution in [-0.2, 0) is 9.67 Å². The Bertz CT molecular complexity index is 792. The van der Waals surface area contributed by atoms with Gasteiger partial charge in [0.2, 0.25) is 5.95 Å². The van der Waals surface area contributed by atoms with Crippen LogP contribution in [0.25, 0.3) is 0 Å². The van der Waals surface area contributed by atoms with Crippen molar-refractivity contribution in [2.45, 2.75) is 4.87 Å². The Balaban J connectivity index is 1.89. The summed E-state index contributed by atoms with van der Waals surface area (Å²) in [5.74, 6) is -0.841. The first-order valence-electron chi connectivity index (χ1n) is 6.07. The van der Waals surface area contributed by atoms with Crippen LogP contribution in [0, 0.1) is 5.82 Å². The number of carbonyl (C=O) groups excluding carboxylic acids is 2. The summed E-state index contributed by atoms with van der Waals surface area (Å²) in [4.78, 5) is 27.2. The highest BCUT2D eigenvalue weighted by atomic mass is 32.2. The highest BCUT2D eigenvalue weighted by molar-refractivity contribution is 8.01. The van der Waals surface area contributed by atoms with E-state index in [1.54, 1.807) is 0 Å². The molecule has 3 heterocycles. The molecule has 1 unspecified atom stereocenters. The van der Waals surface area contributed by atoms with Crippen molar-refractivity contribution in [3.05, 3.63) is 35.9 Å². The molecule has 0 fully saturated rings. The minimum absolute atomic E-state index is 0.0492. The summed E-state index contributed by atoms with van der Waals surface area (Å²) in [6, 6.07) is 4.06. The molecular formula is C12H8FN5O2S. The largest absolute Gasteiger partial charge is 0.328 e. The maximum atomic E-state index is 13.3. The molecule has 2 aliphatic heterocycles.